The normalized spacial score (nSPS) is 10.4. The Hall–Kier alpha value is -2.34. The molecule has 0 atom stereocenters. The van der Waals surface area contributed by atoms with Crippen LogP contribution in [0, 0.1) is 18.3 Å². The lowest BCUT2D eigenvalue weighted by Crippen LogP contribution is -2.05. The molecule has 1 heterocycles. The van der Waals surface area contributed by atoms with Crippen LogP contribution in [-0.4, -0.2) is 4.98 Å². The molecular formula is C18H21N3. The number of pyridine rings is 1. The van der Waals surface area contributed by atoms with Gasteiger partial charge in [0.1, 0.15) is 17.5 Å². The molecule has 0 radical (unpaired) electrons. The van der Waals surface area contributed by atoms with Crippen molar-refractivity contribution in [1.29, 1.82) is 5.26 Å². The Morgan fingerprint density at radius 2 is 1.86 bits per heavy atom. The Morgan fingerprint density at radius 1 is 1.19 bits per heavy atom. The maximum atomic E-state index is 9.47. The minimum absolute atomic E-state index is 0.324. The molecule has 0 fully saturated rings. The molecule has 108 valence electrons. The minimum Gasteiger partial charge on any atom is -0.383 e. The number of aromatic nitrogens is 1. The van der Waals surface area contributed by atoms with Gasteiger partial charge in [0, 0.05) is 11.3 Å². The van der Waals surface area contributed by atoms with E-state index < -0.39 is 0 Å². The van der Waals surface area contributed by atoms with Crippen LogP contribution in [0.25, 0.3) is 11.1 Å². The maximum Gasteiger partial charge on any atom is 0.142 e. The third-order valence-electron chi connectivity index (χ3n) is 3.80. The molecule has 0 amide bonds. The predicted octanol–water partition coefficient (Wildman–Crippen LogP) is 4.03. The van der Waals surface area contributed by atoms with Gasteiger partial charge in [-0.15, -0.1) is 0 Å². The summed E-state index contributed by atoms with van der Waals surface area (Å²) in [6.45, 7) is 6.23. The van der Waals surface area contributed by atoms with E-state index in [9.17, 15) is 5.26 Å². The zero-order valence-corrected chi connectivity index (χ0v) is 12.9. The van der Waals surface area contributed by atoms with Crippen LogP contribution in [0.15, 0.2) is 24.3 Å². The number of hydrogen-bond donors (Lipinski definition) is 1. The predicted molar refractivity (Wildman–Crippen MR) is 86.9 cm³/mol. The Balaban J connectivity index is 2.71. The van der Waals surface area contributed by atoms with Gasteiger partial charge in [0.2, 0.25) is 0 Å². The molecule has 1 aromatic carbocycles. The lowest BCUT2D eigenvalue weighted by atomic mass is 9.91. The number of aryl methyl sites for hydroxylation is 2. The molecule has 0 saturated carbocycles. The lowest BCUT2D eigenvalue weighted by Gasteiger charge is -2.15. The van der Waals surface area contributed by atoms with Gasteiger partial charge < -0.3 is 5.73 Å². The molecule has 2 rings (SSSR count). The molecule has 0 unspecified atom stereocenters. The number of nitrogens with two attached hydrogens (primary N) is 1. The van der Waals surface area contributed by atoms with Crippen molar-refractivity contribution >= 4 is 5.82 Å². The summed E-state index contributed by atoms with van der Waals surface area (Å²) in [4.78, 5) is 4.34. The maximum absolute atomic E-state index is 9.47. The summed E-state index contributed by atoms with van der Waals surface area (Å²) < 4.78 is 0. The molecule has 0 aliphatic carbocycles. The van der Waals surface area contributed by atoms with Crippen LogP contribution in [0.5, 0.6) is 0 Å². The summed E-state index contributed by atoms with van der Waals surface area (Å²) >= 11 is 0. The fraction of sp³-hybridized carbons (Fsp3) is 0.333. The van der Waals surface area contributed by atoms with Gasteiger partial charge >= 0.3 is 0 Å². The number of nitriles is 1. The highest BCUT2D eigenvalue weighted by atomic mass is 14.8. The quantitative estimate of drug-likeness (QED) is 0.919. The summed E-state index contributed by atoms with van der Waals surface area (Å²) in [5.41, 5.74) is 11.8. The van der Waals surface area contributed by atoms with Crippen molar-refractivity contribution in [3.63, 3.8) is 0 Å². The first kappa shape index (κ1) is 15.1. The minimum atomic E-state index is 0.324. The fourth-order valence-electron chi connectivity index (χ4n) is 2.66. The molecule has 0 bridgehead atoms. The molecule has 0 aliphatic rings. The molecule has 1 aromatic heterocycles. The van der Waals surface area contributed by atoms with Crippen molar-refractivity contribution in [2.45, 2.75) is 40.0 Å². The number of benzene rings is 1. The largest absolute Gasteiger partial charge is 0.383 e. The molecule has 3 heteroatoms. The van der Waals surface area contributed by atoms with Crippen LogP contribution in [0.2, 0.25) is 0 Å². The van der Waals surface area contributed by atoms with Gasteiger partial charge in [-0.2, -0.15) is 5.26 Å². The Morgan fingerprint density at radius 3 is 2.38 bits per heavy atom. The zero-order chi connectivity index (χ0) is 15.4. The third kappa shape index (κ3) is 2.90. The topological polar surface area (TPSA) is 62.7 Å². The van der Waals surface area contributed by atoms with Gasteiger partial charge in [-0.1, -0.05) is 44.5 Å². The first-order valence-electron chi connectivity index (χ1n) is 7.40. The molecule has 21 heavy (non-hydrogen) atoms. The van der Waals surface area contributed by atoms with E-state index >= 15 is 0 Å². The van der Waals surface area contributed by atoms with Gasteiger partial charge in [-0.05, 0) is 36.5 Å². The second-order valence-electron chi connectivity index (χ2n) is 5.22. The first-order valence-corrected chi connectivity index (χ1v) is 7.40. The van der Waals surface area contributed by atoms with Crippen molar-refractivity contribution in [2.75, 3.05) is 5.73 Å². The van der Waals surface area contributed by atoms with Crippen LogP contribution in [0.1, 0.15) is 42.7 Å². The van der Waals surface area contributed by atoms with Gasteiger partial charge in [0.15, 0.2) is 0 Å². The third-order valence-corrected chi connectivity index (χ3v) is 3.80. The van der Waals surface area contributed by atoms with Crippen LogP contribution in [0.3, 0.4) is 0 Å². The molecule has 0 spiro atoms. The summed E-state index contributed by atoms with van der Waals surface area (Å²) in [5, 5.41) is 9.47. The average molecular weight is 279 g/mol. The van der Waals surface area contributed by atoms with E-state index in [-0.39, 0.29) is 0 Å². The number of rotatable bonds is 4. The van der Waals surface area contributed by atoms with Crippen LogP contribution >= 0.6 is 0 Å². The van der Waals surface area contributed by atoms with E-state index in [1.54, 1.807) is 0 Å². The molecule has 2 aromatic rings. The Labute approximate surface area is 126 Å². The van der Waals surface area contributed by atoms with Crippen molar-refractivity contribution in [2.24, 2.45) is 0 Å². The number of nitrogen functional groups attached to an aromatic ring is 1. The lowest BCUT2D eigenvalue weighted by molar-refractivity contribution is 0.901. The molecule has 0 saturated heterocycles. The van der Waals surface area contributed by atoms with Gasteiger partial charge in [0.05, 0.1) is 0 Å². The molecule has 0 aliphatic heterocycles. The van der Waals surface area contributed by atoms with E-state index in [0.29, 0.717) is 11.4 Å². The van der Waals surface area contributed by atoms with Gasteiger partial charge in [0.25, 0.3) is 0 Å². The van der Waals surface area contributed by atoms with E-state index in [1.165, 1.54) is 5.56 Å². The number of nitrogens with zero attached hydrogens (tertiary/aromatic N) is 2. The second kappa shape index (κ2) is 6.41. The Bertz CT molecular complexity index is 679. The zero-order valence-electron chi connectivity index (χ0n) is 12.9. The van der Waals surface area contributed by atoms with Crippen molar-refractivity contribution < 1.29 is 0 Å². The molecule has 2 N–H and O–H groups in total. The van der Waals surface area contributed by atoms with Gasteiger partial charge in [-0.25, -0.2) is 4.98 Å². The summed E-state index contributed by atoms with van der Waals surface area (Å²) in [7, 11) is 0. The standard InChI is InChI=1S/C18H21N3/c1-4-6-15-12(3)21-18(20)16(11-19)17(15)14-9-7-13(5-2)8-10-14/h7-10H,4-6H2,1-3H3,(H2,20,21). The highest BCUT2D eigenvalue weighted by Gasteiger charge is 2.17. The highest BCUT2D eigenvalue weighted by Crippen LogP contribution is 2.33. The summed E-state index contributed by atoms with van der Waals surface area (Å²) in [5.74, 6) is 0.324. The van der Waals surface area contributed by atoms with E-state index in [4.69, 9.17) is 5.73 Å². The van der Waals surface area contributed by atoms with Crippen LogP contribution in [-0.2, 0) is 12.8 Å². The van der Waals surface area contributed by atoms with Crippen LogP contribution < -0.4 is 5.73 Å². The molecule has 3 nitrogen and oxygen atoms in total. The SMILES string of the molecule is CCCc1c(C)nc(N)c(C#N)c1-c1ccc(CC)cc1. The van der Waals surface area contributed by atoms with Crippen molar-refractivity contribution in [1.82, 2.24) is 4.98 Å². The highest BCUT2D eigenvalue weighted by molar-refractivity contribution is 5.79. The Kier molecular flexibility index (Phi) is 4.59. The second-order valence-corrected chi connectivity index (χ2v) is 5.22. The summed E-state index contributed by atoms with van der Waals surface area (Å²) in [6, 6.07) is 10.6. The first-order chi connectivity index (χ1) is 10.1. The van der Waals surface area contributed by atoms with E-state index in [0.717, 1.165) is 41.6 Å². The van der Waals surface area contributed by atoms with Gasteiger partial charge in [-0.3, -0.25) is 0 Å². The van der Waals surface area contributed by atoms with Crippen molar-refractivity contribution in [3.05, 3.63) is 46.6 Å². The molecular weight excluding hydrogens is 258 g/mol. The van der Waals surface area contributed by atoms with E-state index in [1.807, 2.05) is 6.92 Å². The number of anilines is 1. The number of hydrogen-bond acceptors (Lipinski definition) is 3. The smallest absolute Gasteiger partial charge is 0.142 e. The van der Waals surface area contributed by atoms with E-state index in [2.05, 4.69) is 49.2 Å². The average Bonchev–Trinajstić information content (AvgIpc) is 2.50. The van der Waals surface area contributed by atoms with Crippen LogP contribution in [0.4, 0.5) is 5.82 Å². The monoisotopic (exact) mass is 279 g/mol. The fourth-order valence-corrected chi connectivity index (χ4v) is 2.66. The summed E-state index contributed by atoms with van der Waals surface area (Å²) in [6.07, 6.45) is 2.92. The van der Waals surface area contributed by atoms with Crippen molar-refractivity contribution in [3.8, 4) is 17.2 Å².